The zero-order valence-electron chi connectivity index (χ0n) is 13.5. The van der Waals surface area contributed by atoms with Gasteiger partial charge in [-0.15, -0.1) is 10.2 Å². The molecule has 7 heteroatoms. The molecule has 1 fully saturated rings. The first-order chi connectivity index (χ1) is 11.1. The molecule has 0 bridgehead atoms. The monoisotopic (exact) mass is 315 g/mol. The summed E-state index contributed by atoms with van der Waals surface area (Å²) < 4.78 is 5.21. The number of anilines is 1. The number of carbonyl (C=O) groups is 1. The Labute approximate surface area is 135 Å². The van der Waals surface area contributed by atoms with Crippen molar-refractivity contribution in [2.45, 2.75) is 13.3 Å². The number of nitrogens with one attached hydrogen (secondary N) is 1. The summed E-state index contributed by atoms with van der Waals surface area (Å²) in [5.74, 6) is 0.442. The topological polar surface area (TPSA) is 74.5 Å². The normalized spacial score (nSPS) is 16.2. The van der Waals surface area contributed by atoms with Gasteiger partial charge in [0.05, 0.1) is 0 Å². The molecule has 1 N–H and O–H groups in total. The zero-order chi connectivity index (χ0) is 16.2. The number of hydrogen-bond donors (Lipinski definition) is 1. The van der Waals surface area contributed by atoms with Gasteiger partial charge in [0.1, 0.15) is 0 Å². The average molecular weight is 315 g/mol. The minimum absolute atomic E-state index is 0.0638. The van der Waals surface area contributed by atoms with Crippen molar-refractivity contribution in [3.05, 3.63) is 30.2 Å². The fourth-order valence-electron chi connectivity index (χ4n) is 2.63. The molecule has 1 aliphatic rings. The van der Waals surface area contributed by atoms with Gasteiger partial charge < -0.3 is 19.5 Å². The molecule has 3 rings (SSSR count). The maximum absolute atomic E-state index is 12.5. The number of rotatable bonds is 2. The van der Waals surface area contributed by atoms with Crippen molar-refractivity contribution in [2.24, 2.45) is 0 Å². The molecule has 1 saturated heterocycles. The van der Waals surface area contributed by atoms with Gasteiger partial charge in [-0.3, -0.25) is 0 Å². The first-order valence-electron chi connectivity index (χ1n) is 7.75. The number of amides is 2. The molecular weight excluding hydrogens is 294 g/mol. The summed E-state index contributed by atoms with van der Waals surface area (Å²) in [7, 11) is 2.08. The lowest BCUT2D eigenvalue weighted by atomic mass is 10.1. The SMILES string of the molecule is Cc1ccc(-c2nnco2)cc1NC(=O)N1CCCN(C)CC1. The Balaban J connectivity index is 1.74. The van der Waals surface area contributed by atoms with Crippen LogP contribution in [0.1, 0.15) is 12.0 Å². The molecule has 1 aromatic heterocycles. The Morgan fingerprint density at radius 3 is 2.91 bits per heavy atom. The van der Waals surface area contributed by atoms with Crippen molar-refractivity contribution in [3.8, 4) is 11.5 Å². The quantitative estimate of drug-likeness (QED) is 0.919. The van der Waals surface area contributed by atoms with E-state index < -0.39 is 0 Å². The summed E-state index contributed by atoms with van der Waals surface area (Å²) >= 11 is 0. The van der Waals surface area contributed by atoms with Gasteiger partial charge in [-0.1, -0.05) is 6.07 Å². The first-order valence-corrected chi connectivity index (χ1v) is 7.75. The third-order valence-corrected chi connectivity index (χ3v) is 4.09. The third-order valence-electron chi connectivity index (χ3n) is 4.09. The van der Waals surface area contributed by atoms with Crippen LogP contribution in [-0.2, 0) is 0 Å². The molecule has 0 unspecified atom stereocenters. The van der Waals surface area contributed by atoms with Crippen LogP contribution in [0, 0.1) is 6.92 Å². The van der Waals surface area contributed by atoms with Gasteiger partial charge in [-0.2, -0.15) is 0 Å². The number of aryl methyl sites for hydroxylation is 1. The zero-order valence-corrected chi connectivity index (χ0v) is 13.5. The maximum Gasteiger partial charge on any atom is 0.321 e. The largest absolute Gasteiger partial charge is 0.423 e. The molecule has 23 heavy (non-hydrogen) atoms. The fraction of sp³-hybridized carbons (Fsp3) is 0.438. The molecule has 7 nitrogen and oxygen atoms in total. The van der Waals surface area contributed by atoms with Crippen molar-refractivity contribution in [1.29, 1.82) is 0 Å². The van der Waals surface area contributed by atoms with E-state index in [0.717, 1.165) is 49.4 Å². The van der Waals surface area contributed by atoms with E-state index in [1.807, 2.05) is 30.0 Å². The molecular formula is C16H21N5O2. The smallest absolute Gasteiger partial charge is 0.321 e. The lowest BCUT2D eigenvalue weighted by Gasteiger charge is -2.21. The third kappa shape index (κ3) is 3.68. The Bertz CT molecular complexity index is 671. The number of likely N-dealkylation sites (N-methyl/N-ethyl adjacent to an activating group) is 1. The highest BCUT2D eigenvalue weighted by atomic mass is 16.4. The van der Waals surface area contributed by atoms with Crippen molar-refractivity contribution in [2.75, 3.05) is 38.5 Å². The van der Waals surface area contributed by atoms with E-state index in [2.05, 4.69) is 27.5 Å². The molecule has 122 valence electrons. The van der Waals surface area contributed by atoms with E-state index in [9.17, 15) is 4.79 Å². The highest BCUT2D eigenvalue weighted by Gasteiger charge is 2.18. The summed E-state index contributed by atoms with van der Waals surface area (Å²) in [6.45, 7) is 5.40. The number of aromatic nitrogens is 2. The molecule has 2 heterocycles. The lowest BCUT2D eigenvalue weighted by molar-refractivity contribution is 0.213. The number of benzene rings is 1. The van der Waals surface area contributed by atoms with Crippen LogP contribution in [0.2, 0.25) is 0 Å². The van der Waals surface area contributed by atoms with Crippen molar-refractivity contribution in [1.82, 2.24) is 20.0 Å². The minimum atomic E-state index is -0.0638. The van der Waals surface area contributed by atoms with Gasteiger partial charge in [0, 0.05) is 30.9 Å². The maximum atomic E-state index is 12.5. The van der Waals surface area contributed by atoms with Gasteiger partial charge in [0.2, 0.25) is 12.3 Å². The van der Waals surface area contributed by atoms with E-state index in [4.69, 9.17) is 4.42 Å². The Hall–Kier alpha value is -2.41. The van der Waals surface area contributed by atoms with Crippen molar-refractivity contribution >= 4 is 11.7 Å². The first kappa shape index (κ1) is 15.5. The highest BCUT2D eigenvalue weighted by Crippen LogP contribution is 2.24. The summed E-state index contributed by atoms with van der Waals surface area (Å²) in [5.41, 5.74) is 2.55. The second-order valence-electron chi connectivity index (χ2n) is 5.85. The van der Waals surface area contributed by atoms with E-state index in [1.54, 1.807) is 0 Å². The Morgan fingerprint density at radius 2 is 2.13 bits per heavy atom. The average Bonchev–Trinajstić information content (AvgIpc) is 2.98. The summed E-state index contributed by atoms with van der Waals surface area (Å²) in [5, 5.41) is 10.6. The van der Waals surface area contributed by atoms with Crippen LogP contribution in [0.4, 0.5) is 10.5 Å². The summed E-state index contributed by atoms with van der Waals surface area (Å²) in [4.78, 5) is 16.6. The molecule has 2 amide bonds. The molecule has 1 aromatic carbocycles. The van der Waals surface area contributed by atoms with Gasteiger partial charge in [0.15, 0.2) is 0 Å². The second-order valence-corrected chi connectivity index (χ2v) is 5.85. The lowest BCUT2D eigenvalue weighted by Crippen LogP contribution is -2.37. The van der Waals surface area contributed by atoms with Crippen molar-refractivity contribution in [3.63, 3.8) is 0 Å². The van der Waals surface area contributed by atoms with Gasteiger partial charge >= 0.3 is 6.03 Å². The highest BCUT2D eigenvalue weighted by molar-refractivity contribution is 5.91. The number of nitrogens with zero attached hydrogens (tertiary/aromatic N) is 4. The van der Waals surface area contributed by atoms with Gasteiger partial charge in [-0.25, -0.2) is 4.79 Å². The van der Waals surface area contributed by atoms with Crippen LogP contribution >= 0.6 is 0 Å². The van der Waals surface area contributed by atoms with Gasteiger partial charge in [0.25, 0.3) is 0 Å². The minimum Gasteiger partial charge on any atom is -0.423 e. The predicted molar refractivity (Wildman–Crippen MR) is 87.2 cm³/mol. The fourth-order valence-corrected chi connectivity index (χ4v) is 2.63. The Morgan fingerprint density at radius 1 is 1.26 bits per heavy atom. The molecule has 0 aliphatic carbocycles. The molecule has 1 aliphatic heterocycles. The number of hydrogen-bond acceptors (Lipinski definition) is 5. The van der Waals surface area contributed by atoms with Crippen LogP contribution in [0.15, 0.2) is 29.0 Å². The summed E-state index contributed by atoms with van der Waals surface area (Å²) in [6.07, 6.45) is 2.28. The van der Waals surface area contributed by atoms with Crippen LogP contribution in [0.5, 0.6) is 0 Å². The molecule has 0 radical (unpaired) electrons. The number of carbonyl (C=O) groups excluding carboxylic acids is 1. The van der Waals surface area contributed by atoms with E-state index in [1.165, 1.54) is 6.39 Å². The second kappa shape index (κ2) is 6.78. The molecule has 0 spiro atoms. The standard InChI is InChI=1S/C16H21N5O2/c1-12-4-5-13(15-19-17-11-23-15)10-14(12)18-16(22)21-7-3-6-20(2)8-9-21/h4-5,10-11H,3,6-9H2,1-2H3,(H,18,22). The Kier molecular flexibility index (Phi) is 4.57. The molecule has 0 atom stereocenters. The van der Waals surface area contributed by atoms with E-state index >= 15 is 0 Å². The van der Waals surface area contributed by atoms with E-state index in [0.29, 0.717) is 5.89 Å². The molecule has 0 saturated carbocycles. The predicted octanol–water partition coefficient (Wildman–Crippen LogP) is 2.21. The van der Waals surface area contributed by atoms with Gasteiger partial charge in [-0.05, 0) is 44.6 Å². The summed E-state index contributed by atoms with van der Waals surface area (Å²) in [6, 6.07) is 5.64. The van der Waals surface area contributed by atoms with Crippen LogP contribution in [-0.4, -0.2) is 59.3 Å². The van der Waals surface area contributed by atoms with Crippen LogP contribution in [0.3, 0.4) is 0 Å². The van der Waals surface area contributed by atoms with Crippen molar-refractivity contribution < 1.29 is 9.21 Å². The number of urea groups is 1. The van der Waals surface area contributed by atoms with E-state index in [-0.39, 0.29) is 6.03 Å². The van der Waals surface area contributed by atoms with Crippen LogP contribution < -0.4 is 5.32 Å². The van der Waals surface area contributed by atoms with Crippen LogP contribution in [0.25, 0.3) is 11.5 Å². The molecule has 2 aromatic rings.